The molecule has 48 heavy (non-hydrogen) atoms. The third kappa shape index (κ3) is 5.15. The lowest BCUT2D eigenvalue weighted by Gasteiger charge is -2.27. The summed E-state index contributed by atoms with van der Waals surface area (Å²) >= 11 is 0. The third-order valence-corrected chi connectivity index (χ3v) is 11.5. The van der Waals surface area contributed by atoms with Gasteiger partial charge in [0.2, 0.25) is 0 Å². The van der Waals surface area contributed by atoms with Gasteiger partial charge in [-0.1, -0.05) is 6.92 Å². The molecule has 2 aliphatic carbocycles. The molecule has 3 atom stereocenters. The molecule has 0 N–H and O–H groups in total. The van der Waals surface area contributed by atoms with Gasteiger partial charge in [0.15, 0.2) is 15.7 Å². The number of carbonyl (C=O) groups is 1. The molecule has 9 nitrogen and oxygen atoms in total. The summed E-state index contributed by atoms with van der Waals surface area (Å²) in [6.07, 6.45) is 5.37. The molecule has 12 heteroatoms. The highest BCUT2D eigenvalue weighted by molar-refractivity contribution is 7.89. The highest BCUT2D eigenvalue weighted by Crippen LogP contribution is 2.44. The lowest BCUT2D eigenvalue weighted by atomic mass is 10.0. The number of hydrogen-bond donors (Lipinski definition) is 0. The number of ether oxygens (including phenoxy) is 1. The summed E-state index contributed by atoms with van der Waals surface area (Å²) < 4.78 is 63.6. The van der Waals surface area contributed by atoms with Crippen LogP contribution in [0.25, 0.3) is 44.8 Å². The average molecular weight is 674 g/mol. The van der Waals surface area contributed by atoms with Gasteiger partial charge in [0.05, 0.1) is 29.8 Å². The van der Waals surface area contributed by atoms with Crippen LogP contribution in [0.1, 0.15) is 48.5 Å². The Balaban J connectivity index is 1.22. The summed E-state index contributed by atoms with van der Waals surface area (Å²) in [5.74, 6) is 0.641. The maximum Gasteiger partial charge on any atom is 0.254 e. The molecule has 0 spiro atoms. The fourth-order valence-corrected chi connectivity index (χ4v) is 8.70. The van der Waals surface area contributed by atoms with Gasteiger partial charge in [0.25, 0.3) is 5.91 Å². The number of pyridine rings is 1. The van der Waals surface area contributed by atoms with E-state index in [0.29, 0.717) is 52.6 Å². The quantitative estimate of drug-likeness (QED) is 0.190. The molecule has 2 bridgehead atoms. The van der Waals surface area contributed by atoms with Crippen molar-refractivity contribution in [2.24, 2.45) is 24.8 Å². The Kier molecular flexibility index (Phi) is 7.17. The SMILES string of the molecule is COc1cc(C(=O)N2CC3CCC2[C@@H]3C)cc2nc(-c3cc4ccc(-c5cc(F)c(CS(C)(=O)=O)cc5F)nc4n3CC3CC3)n(C)c12. The molecule has 3 aliphatic rings. The van der Waals surface area contributed by atoms with E-state index in [1.165, 1.54) is 6.42 Å². The van der Waals surface area contributed by atoms with E-state index in [4.69, 9.17) is 14.7 Å². The minimum Gasteiger partial charge on any atom is -0.494 e. The van der Waals surface area contributed by atoms with Gasteiger partial charge in [-0.3, -0.25) is 4.79 Å². The molecule has 8 rings (SSSR count). The Morgan fingerprint density at radius 1 is 1.02 bits per heavy atom. The number of benzene rings is 2. The molecule has 5 aromatic rings. The number of methoxy groups -OCH3 is 1. The topological polar surface area (TPSA) is 99.3 Å². The molecule has 1 amide bonds. The van der Waals surface area contributed by atoms with E-state index in [1.807, 2.05) is 40.8 Å². The van der Waals surface area contributed by atoms with Crippen molar-refractivity contribution in [2.75, 3.05) is 19.9 Å². The normalized spacial score (nSPS) is 20.8. The van der Waals surface area contributed by atoms with Crippen molar-refractivity contribution >= 4 is 37.8 Å². The number of carbonyl (C=O) groups excluding carboxylic acids is 1. The maximum absolute atomic E-state index is 15.3. The summed E-state index contributed by atoms with van der Waals surface area (Å²) in [6, 6.07) is 11.4. The average Bonchev–Trinajstić information content (AvgIpc) is 3.45. The number of piperidine rings is 1. The summed E-state index contributed by atoms with van der Waals surface area (Å²) in [7, 11) is -0.0318. The molecule has 2 unspecified atom stereocenters. The first-order chi connectivity index (χ1) is 22.9. The fourth-order valence-electron chi connectivity index (χ4n) is 7.91. The molecule has 3 aromatic heterocycles. The summed E-state index contributed by atoms with van der Waals surface area (Å²) in [4.78, 5) is 25.7. The first-order valence-corrected chi connectivity index (χ1v) is 18.5. The number of aromatic nitrogens is 4. The van der Waals surface area contributed by atoms with E-state index in [-0.39, 0.29) is 28.8 Å². The number of halogens is 2. The fraction of sp³-hybridized carbons (Fsp3) is 0.417. The molecule has 3 fully saturated rings. The van der Waals surface area contributed by atoms with Gasteiger partial charge in [0, 0.05) is 54.5 Å². The lowest BCUT2D eigenvalue weighted by Crippen LogP contribution is -2.38. The number of likely N-dealkylation sites (tertiary alicyclic amines) is 1. The second kappa shape index (κ2) is 11.1. The Morgan fingerprint density at radius 2 is 1.81 bits per heavy atom. The Labute approximate surface area is 277 Å². The van der Waals surface area contributed by atoms with Crippen LogP contribution in [0.3, 0.4) is 0 Å². The number of imidazole rings is 1. The predicted molar refractivity (Wildman–Crippen MR) is 179 cm³/mol. The molecule has 2 aromatic carbocycles. The number of aryl methyl sites for hydroxylation is 1. The van der Waals surface area contributed by atoms with Crippen LogP contribution in [0.4, 0.5) is 8.78 Å². The second-order valence-corrected chi connectivity index (χ2v) is 16.1. The zero-order valence-corrected chi connectivity index (χ0v) is 28.2. The van der Waals surface area contributed by atoms with Crippen molar-refractivity contribution in [2.45, 2.75) is 50.9 Å². The van der Waals surface area contributed by atoms with Crippen LogP contribution in [0, 0.1) is 29.4 Å². The first-order valence-electron chi connectivity index (χ1n) is 16.4. The molecule has 2 saturated carbocycles. The van der Waals surface area contributed by atoms with Crippen LogP contribution in [0.2, 0.25) is 0 Å². The smallest absolute Gasteiger partial charge is 0.254 e. The van der Waals surface area contributed by atoms with Gasteiger partial charge >= 0.3 is 0 Å². The zero-order chi connectivity index (χ0) is 33.6. The van der Waals surface area contributed by atoms with Crippen molar-refractivity contribution < 1.29 is 26.7 Å². The van der Waals surface area contributed by atoms with Crippen molar-refractivity contribution in [3.63, 3.8) is 0 Å². The Bertz CT molecular complexity index is 2260. The first kappa shape index (κ1) is 31.0. The molecule has 250 valence electrons. The van der Waals surface area contributed by atoms with Crippen LogP contribution in [-0.2, 0) is 29.2 Å². The highest BCUT2D eigenvalue weighted by atomic mass is 32.2. The Hall–Kier alpha value is -4.32. The second-order valence-electron chi connectivity index (χ2n) is 13.9. The van der Waals surface area contributed by atoms with Crippen molar-refractivity contribution in [1.82, 2.24) is 24.0 Å². The van der Waals surface area contributed by atoms with Crippen LogP contribution in [0.15, 0.2) is 42.5 Å². The standard InChI is InChI=1S/C36H37F2N5O4S/c1-19-22-8-10-30(19)43(17-22)36(44)23-12-29-33(32(14-23)47-3)41(2)35(40-29)31-13-21-7-9-28(39-34(21)42(31)16-20-5-6-20)25-15-26(37)24(11-27(25)38)18-48(4,45)46/h7,9,11-15,19-20,22,30H,5-6,8,10,16-18H2,1-4H3/t19-,22?,30?/m1/s1. The third-order valence-electron chi connectivity index (χ3n) is 10.6. The van der Waals surface area contributed by atoms with Crippen molar-refractivity contribution in [3.8, 4) is 28.5 Å². The molecule has 4 heterocycles. The van der Waals surface area contributed by atoms with Crippen molar-refractivity contribution in [3.05, 3.63) is 65.2 Å². The van der Waals surface area contributed by atoms with Gasteiger partial charge in [0.1, 0.15) is 28.5 Å². The van der Waals surface area contributed by atoms with E-state index in [0.717, 1.165) is 60.8 Å². The largest absolute Gasteiger partial charge is 0.494 e. The zero-order valence-electron chi connectivity index (χ0n) is 27.3. The highest BCUT2D eigenvalue weighted by Gasteiger charge is 2.46. The van der Waals surface area contributed by atoms with E-state index < -0.39 is 27.2 Å². The van der Waals surface area contributed by atoms with Crippen molar-refractivity contribution in [1.29, 1.82) is 0 Å². The number of rotatable bonds is 8. The molecular formula is C36H37F2N5O4S. The van der Waals surface area contributed by atoms with Gasteiger partial charge in [-0.05, 0) is 85.9 Å². The van der Waals surface area contributed by atoms with Gasteiger partial charge in [-0.2, -0.15) is 0 Å². The summed E-state index contributed by atoms with van der Waals surface area (Å²) in [5, 5.41) is 0.817. The van der Waals surface area contributed by atoms with Gasteiger partial charge in [-0.15, -0.1) is 0 Å². The molecule has 1 aliphatic heterocycles. The number of hydrogen-bond acceptors (Lipinski definition) is 6. The minimum absolute atomic E-state index is 0.00838. The number of amides is 1. The number of fused-ring (bicyclic) bond motifs is 4. The van der Waals surface area contributed by atoms with Gasteiger partial charge in [-0.25, -0.2) is 27.2 Å². The maximum atomic E-state index is 15.3. The van der Waals surface area contributed by atoms with E-state index in [9.17, 15) is 17.6 Å². The van der Waals surface area contributed by atoms with E-state index in [2.05, 4.69) is 11.5 Å². The summed E-state index contributed by atoms with van der Waals surface area (Å²) in [5.41, 5.74) is 3.39. The minimum atomic E-state index is -3.55. The summed E-state index contributed by atoms with van der Waals surface area (Å²) in [6.45, 7) is 3.71. The molecule has 1 saturated heterocycles. The Morgan fingerprint density at radius 3 is 2.48 bits per heavy atom. The number of nitrogens with zero attached hydrogens (tertiary/aromatic N) is 5. The number of sulfone groups is 1. The van der Waals surface area contributed by atoms with E-state index >= 15 is 4.39 Å². The van der Waals surface area contributed by atoms with Crippen LogP contribution in [-0.4, -0.2) is 64.3 Å². The lowest BCUT2D eigenvalue weighted by molar-refractivity contribution is 0.0696. The van der Waals surface area contributed by atoms with Gasteiger partial charge < -0.3 is 18.8 Å². The van der Waals surface area contributed by atoms with Crippen LogP contribution in [0.5, 0.6) is 5.75 Å². The molecular weight excluding hydrogens is 636 g/mol. The van der Waals surface area contributed by atoms with Crippen LogP contribution < -0.4 is 4.74 Å². The monoisotopic (exact) mass is 673 g/mol. The molecule has 0 radical (unpaired) electrons. The van der Waals surface area contributed by atoms with E-state index in [1.54, 1.807) is 13.2 Å². The van der Waals surface area contributed by atoms with Crippen LogP contribution >= 0.6 is 0 Å². The predicted octanol–water partition coefficient (Wildman–Crippen LogP) is 6.37.